The highest BCUT2D eigenvalue weighted by atomic mass is 16.5. The molecule has 0 spiro atoms. The van der Waals surface area contributed by atoms with E-state index in [0.29, 0.717) is 5.75 Å². The average Bonchev–Trinajstić information content (AvgIpc) is 2.47. The molecule has 0 saturated heterocycles. The van der Waals surface area contributed by atoms with Crippen molar-refractivity contribution in [2.24, 2.45) is 12.8 Å². The topological polar surface area (TPSA) is 90.4 Å². The molecule has 0 amide bonds. The van der Waals surface area contributed by atoms with Crippen LogP contribution in [-0.2, 0) is 11.8 Å². The van der Waals surface area contributed by atoms with Crippen molar-refractivity contribution in [2.75, 3.05) is 6.61 Å². The van der Waals surface area contributed by atoms with Crippen molar-refractivity contribution in [1.29, 1.82) is 0 Å². The van der Waals surface area contributed by atoms with Crippen LogP contribution in [-0.4, -0.2) is 33.5 Å². The van der Waals surface area contributed by atoms with Crippen molar-refractivity contribution >= 4 is 5.97 Å². The van der Waals surface area contributed by atoms with Crippen LogP contribution in [0.3, 0.4) is 0 Å². The summed E-state index contributed by atoms with van der Waals surface area (Å²) >= 11 is 0. The monoisotopic (exact) mass is 185 g/mol. The zero-order chi connectivity index (χ0) is 9.84. The largest absolute Gasteiger partial charge is 0.488 e. The van der Waals surface area contributed by atoms with Gasteiger partial charge in [-0.1, -0.05) is 0 Å². The number of aliphatic carboxylic acids is 1. The van der Waals surface area contributed by atoms with Crippen LogP contribution < -0.4 is 10.5 Å². The third-order valence-corrected chi connectivity index (χ3v) is 1.43. The number of aryl methyl sites for hydroxylation is 1. The fourth-order valence-corrected chi connectivity index (χ4v) is 0.731. The molecule has 1 aromatic rings. The molecule has 0 fully saturated rings. The fourth-order valence-electron chi connectivity index (χ4n) is 0.731. The molecule has 0 radical (unpaired) electrons. The molecule has 1 heterocycles. The summed E-state index contributed by atoms with van der Waals surface area (Å²) in [4.78, 5) is 10.3. The Bertz CT molecular complexity index is 297. The van der Waals surface area contributed by atoms with Crippen molar-refractivity contribution in [3.63, 3.8) is 0 Å². The molecule has 72 valence electrons. The van der Waals surface area contributed by atoms with Gasteiger partial charge in [-0.05, 0) is 0 Å². The molecule has 0 aromatic carbocycles. The first-order valence-corrected chi connectivity index (χ1v) is 3.69. The van der Waals surface area contributed by atoms with Crippen molar-refractivity contribution in [3.05, 3.63) is 12.4 Å². The van der Waals surface area contributed by atoms with E-state index in [-0.39, 0.29) is 6.61 Å². The highest BCUT2D eigenvalue weighted by Gasteiger charge is 2.12. The van der Waals surface area contributed by atoms with Crippen molar-refractivity contribution in [3.8, 4) is 5.75 Å². The van der Waals surface area contributed by atoms with E-state index in [0.717, 1.165) is 0 Å². The van der Waals surface area contributed by atoms with Gasteiger partial charge in [0.1, 0.15) is 12.6 Å². The van der Waals surface area contributed by atoms with Gasteiger partial charge in [0.15, 0.2) is 5.75 Å². The van der Waals surface area contributed by atoms with E-state index in [4.69, 9.17) is 15.6 Å². The van der Waals surface area contributed by atoms with Gasteiger partial charge in [-0.2, -0.15) is 5.10 Å². The highest BCUT2D eigenvalue weighted by Crippen LogP contribution is 2.06. The van der Waals surface area contributed by atoms with Crippen LogP contribution in [0, 0.1) is 0 Å². The minimum Gasteiger partial charge on any atom is -0.488 e. The van der Waals surface area contributed by atoms with Crippen LogP contribution in [0.1, 0.15) is 0 Å². The molecular formula is C7H11N3O3. The normalized spacial score (nSPS) is 12.5. The average molecular weight is 185 g/mol. The first kappa shape index (κ1) is 9.53. The van der Waals surface area contributed by atoms with Crippen LogP contribution in [0.5, 0.6) is 5.75 Å². The SMILES string of the molecule is Cn1cc(OCC(N)C(=O)O)cn1. The molecule has 1 atom stereocenters. The summed E-state index contributed by atoms with van der Waals surface area (Å²) < 4.78 is 6.62. The molecule has 6 nitrogen and oxygen atoms in total. The van der Waals surface area contributed by atoms with Crippen LogP contribution in [0.4, 0.5) is 0 Å². The Morgan fingerprint density at radius 2 is 2.62 bits per heavy atom. The maximum Gasteiger partial charge on any atom is 0.324 e. The third kappa shape index (κ3) is 2.75. The minimum atomic E-state index is -1.08. The first-order chi connectivity index (χ1) is 6.09. The molecule has 0 bridgehead atoms. The number of carboxylic acids is 1. The van der Waals surface area contributed by atoms with Crippen LogP contribution >= 0.6 is 0 Å². The zero-order valence-corrected chi connectivity index (χ0v) is 7.17. The molecule has 0 aliphatic heterocycles. The molecule has 13 heavy (non-hydrogen) atoms. The first-order valence-electron chi connectivity index (χ1n) is 3.69. The summed E-state index contributed by atoms with van der Waals surface area (Å²) in [5.41, 5.74) is 5.22. The van der Waals surface area contributed by atoms with E-state index in [9.17, 15) is 4.79 Å². The second-order valence-corrected chi connectivity index (χ2v) is 2.61. The maximum atomic E-state index is 10.3. The summed E-state index contributed by atoms with van der Waals surface area (Å²) in [6, 6.07) is -1.000. The number of nitrogens with zero attached hydrogens (tertiary/aromatic N) is 2. The Balaban J connectivity index is 2.39. The van der Waals surface area contributed by atoms with Gasteiger partial charge in [-0.3, -0.25) is 9.48 Å². The lowest BCUT2D eigenvalue weighted by Gasteiger charge is -2.06. The third-order valence-electron chi connectivity index (χ3n) is 1.43. The fraction of sp³-hybridized carbons (Fsp3) is 0.429. The molecular weight excluding hydrogens is 174 g/mol. The van der Waals surface area contributed by atoms with Crippen molar-refractivity contribution in [1.82, 2.24) is 9.78 Å². The van der Waals surface area contributed by atoms with Gasteiger partial charge < -0.3 is 15.6 Å². The summed E-state index contributed by atoms with van der Waals surface area (Å²) in [5.74, 6) is -0.567. The number of carbonyl (C=O) groups is 1. The Kier molecular flexibility index (Phi) is 2.86. The summed E-state index contributed by atoms with van der Waals surface area (Å²) in [5, 5.41) is 12.3. The molecule has 0 aliphatic carbocycles. The molecule has 0 saturated carbocycles. The number of hydrogen-bond acceptors (Lipinski definition) is 4. The smallest absolute Gasteiger partial charge is 0.324 e. The Morgan fingerprint density at radius 3 is 3.08 bits per heavy atom. The molecule has 3 N–H and O–H groups in total. The number of rotatable bonds is 4. The number of carboxylic acid groups (broad SMARTS) is 1. The van der Waals surface area contributed by atoms with E-state index in [1.165, 1.54) is 6.20 Å². The predicted octanol–water partition coefficient (Wildman–Crippen LogP) is -0.789. The van der Waals surface area contributed by atoms with E-state index in [2.05, 4.69) is 5.10 Å². The minimum absolute atomic E-state index is 0.0545. The lowest BCUT2D eigenvalue weighted by atomic mass is 10.3. The van der Waals surface area contributed by atoms with Gasteiger partial charge in [0, 0.05) is 7.05 Å². The number of hydrogen-bond donors (Lipinski definition) is 2. The Morgan fingerprint density at radius 1 is 1.92 bits per heavy atom. The molecule has 1 unspecified atom stereocenters. The van der Waals surface area contributed by atoms with E-state index in [1.54, 1.807) is 17.9 Å². The summed E-state index contributed by atoms with van der Waals surface area (Å²) in [6.45, 7) is -0.0545. The van der Waals surface area contributed by atoms with Crippen LogP contribution in [0.25, 0.3) is 0 Å². The van der Waals surface area contributed by atoms with Gasteiger partial charge in [-0.25, -0.2) is 0 Å². The second kappa shape index (κ2) is 3.90. The quantitative estimate of drug-likeness (QED) is 0.641. The molecule has 1 rings (SSSR count). The predicted molar refractivity (Wildman–Crippen MR) is 44.3 cm³/mol. The van der Waals surface area contributed by atoms with Crippen LogP contribution in [0.15, 0.2) is 12.4 Å². The summed E-state index contributed by atoms with van der Waals surface area (Å²) in [7, 11) is 1.74. The van der Waals surface area contributed by atoms with E-state index >= 15 is 0 Å². The molecule has 6 heteroatoms. The summed E-state index contributed by atoms with van der Waals surface area (Å²) in [6.07, 6.45) is 3.13. The van der Waals surface area contributed by atoms with Gasteiger partial charge in [0.2, 0.25) is 0 Å². The lowest BCUT2D eigenvalue weighted by molar-refractivity contribution is -0.139. The molecule has 0 aliphatic rings. The van der Waals surface area contributed by atoms with E-state index in [1.807, 2.05) is 0 Å². The van der Waals surface area contributed by atoms with Crippen molar-refractivity contribution < 1.29 is 14.6 Å². The molecule has 1 aromatic heterocycles. The lowest BCUT2D eigenvalue weighted by Crippen LogP contribution is -2.36. The maximum absolute atomic E-state index is 10.3. The number of ether oxygens (including phenoxy) is 1. The number of aromatic nitrogens is 2. The van der Waals surface area contributed by atoms with Gasteiger partial charge in [0.05, 0.1) is 12.4 Å². The zero-order valence-electron chi connectivity index (χ0n) is 7.17. The van der Waals surface area contributed by atoms with E-state index < -0.39 is 12.0 Å². The number of nitrogens with two attached hydrogens (primary N) is 1. The highest BCUT2D eigenvalue weighted by molar-refractivity contribution is 5.73. The standard InChI is InChI=1S/C7H11N3O3/c1-10-3-5(2-9-10)13-4-6(8)7(11)12/h2-3,6H,4,8H2,1H3,(H,11,12). The van der Waals surface area contributed by atoms with Crippen LogP contribution in [0.2, 0.25) is 0 Å². The Hall–Kier alpha value is -1.56. The van der Waals surface area contributed by atoms with Gasteiger partial charge in [-0.15, -0.1) is 0 Å². The van der Waals surface area contributed by atoms with Gasteiger partial charge >= 0.3 is 5.97 Å². The van der Waals surface area contributed by atoms with Crippen molar-refractivity contribution in [2.45, 2.75) is 6.04 Å². The Labute approximate surface area is 74.9 Å². The second-order valence-electron chi connectivity index (χ2n) is 2.61. The van der Waals surface area contributed by atoms with Gasteiger partial charge in [0.25, 0.3) is 0 Å².